The summed E-state index contributed by atoms with van der Waals surface area (Å²) in [6.45, 7) is 0. The fourth-order valence-corrected chi connectivity index (χ4v) is 4.10. The maximum absolute atomic E-state index is 12.3. The molecule has 0 amide bonds. The third-order valence-corrected chi connectivity index (χ3v) is 5.28. The highest BCUT2D eigenvalue weighted by Crippen LogP contribution is 2.39. The van der Waals surface area contributed by atoms with Crippen LogP contribution in [-0.2, 0) is 10.0 Å². The van der Waals surface area contributed by atoms with Gasteiger partial charge in [0.2, 0.25) is 0 Å². The van der Waals surface area contributed by atoms with Gasteiger partial charge in [-0.05, 0) is 46.7 Å². The number of rotatable bonds is 1. The van der Waals surface area contributed by atoms with Crippen LogP contribution in [0.5, 0.6) is 5.75 Å². The molecular weight excluding hydrogens is 310 g/mol. The van der Waals surface area contributed by atoms with E-state index in [1.54, 1.807) is 12.1 Å². The molecule has 1 aliphatic rings. The minimum absolute atomic E-state index is 0.0343. The highest BCUT2D eigenvalue weighted by atomic mass is 32.2. The molecule has 3 aromatic rings. The van der Waals surface area contributed by atoms with Crippen LogP contribution >= 0.6 is 0 Å². The molecule has 23 heavy (non-hydrogen) atoms. The predicted molar refractivity (Wildman–Crippen MR) is 92.5 cm³/mol. The molecular formula is C18H13NO3S. The number of benzene rings is 3. The summed E-state index contributed by atoms with van der Waals surface area (Å²) in [5.74, 6) is 0.0343. The molecule has 4 nitrogen and oxygen atoms in total. The van der Waals surface area contributed by atoms with Crippen molar-refractivity contribution in [2.45, 2.75) is 0 Å². The van der Waals surface area contributed by atoms with Gasteiger partial charge in [0.1, 0.15) is 5.75 Å². The molecule has 0 spiro atoms. The summed E-state index contributed by atoms with van der Waals surface area (Å²) in [5, 5.41) is 11.8. The Morgan fingerprint density at radius 3 is 2.52 bits per heavy atom. The Hall–Kier alpha value is -2.79. The number of phenolic OH excluding ortho intramolecular Hbond substituents is 1. The van der Waals surface area contributed by atoms with Gasteiger partial charge in [0, 0.05) is 5.56 Å². The van der Waals surface area contributed by atoms with Crippen molar-refractivity contribution in [1.29, 1.82) is 0 Å². The monoisotopic (exact) mass is 323 g/mol. The van der Waals surface area contributed by atoms with Crippen molar-refractivity contribution < 1.29 is 13.5 Å². The molecule has 0 bridgehead atoms. The third kappa shape index (κ3) is 2.35. The van der Waals surface area contributed by atoms with Crippen molar-refractivity contribution in [3.8, 4) is 5.75 Å². The zero-order valence-electron chi connectivity index (χ0n) is 12.0. The molecule has 0 unspecified atom stereocenters. The highest BCUT2D eigenvalue weighted by Gasteiger charge is 2.30. The SMILES string of the molecule is O=S1(=O)Nc2ccc(O)cc2C1=Cc1ccc2ccccc2c1. The van der Waals surface area contributed by atoms with E-state index >= 15 is 0 Å². The number of hydrogen-bond acceptors (Lipinski definition) is 3. The summed E-state index contributed by atoms with van der Waals surface area (Å²) in [5.41, 5.74) is 1.76. The van der Waals surface area contributed by atoms with E-state index in [0.717, 1.165) is 16.3 Å². The van der Waals surface area contributed by atoms with Crippen molar-refractivity contribution in [3.05, 3.63) is 71.8 Å². The number of sulfonamides is 1. The van der Waals surface area contributed by atoms with Crippen molar-refractivity contribution >= 4 is 37.5 Å². The molecule has 0 aliphatic carbocycles. The van der Waals surface area contributed by atoms with E-state index in [0.29, 0.717) is 11.3 Å². The number of anilines is 1. The molecule has 0 radical (unpaired) electrons. The topological polar surface area (TPSA) is 66.4 Å². The molecule has 0 saturated carbocycles. The van der Waals surface area contributed by atoms with Crippen molar-refractivity contribution in [3.63, 3.8) is 0 Å². The van der Waals surface area contributed by atoms with Gasteiger partial charge in [-0.1, -0.05) is 36.4 Å². The van der Waals surface area contributed by atoms with Crippen molar-refractivity contribution in [1.82, 2.24) is 0 Å². The van der Waals surface area contributed by atoms with Gasteiger partial charge in [0.05, 0.1) is 10.6 Å². The molecule has 1 aliphatic heterocycles. The average molecular weight is 323 g/mol. The molecule has 5 heteroatoms. The second-order valence-electron chi connectivity index (χ2n) is 5.45. The first kappa shape index (κ1) is 13.8. The van der Waals surface area contributed by atoms with Gasteiger partial charge in [-0.2, -0.15) is 0 Å². The van der Waals surface area contributed by atoms with Crippen LogP contribution in [0.4, 0.5) is 5.69 Å². The van der Waals surface area contributed by atoms with Gasteiger partial charge in [0.25, 0.3) is 10.0 Å². The fraction of sp³-hybridized carbons (Fsp3) is 0. The van der Waals surface area contributed by atoms with Gasteiger partial charge in [-0.3, -0.25) is 4.72 Å². The van der Waals surface area contributed by atoms with E-state index in [1.165, 1.54) is 12.1 Å². The lowest BCUT2D eigenvalue weighted by atomic mass is 10.1. The average Bonchev–Trinajstić information content (AvgIpc) is 2.78. The molecule has 0 fully saturated rings. The molecule has 0 atom stereocenters. The second-order valence-corrected chi connectivity index (χ2v) is 7.10. The molecule has 1 heterocycles. The summed E-state index contributed by atoms with van der Waals surface area (Å²) in [6.07, 6.45) is 1.63. The normalized spacial score (nSPS) is 17.1. The van der Waals surface area contributed by atoms with Crippen LogP contribution in [0.15, 0.2) is 60.7 Å². The molecule has 114 valence electrons. The summed E-state index contributed by atoms with van der Waals surface area (Å²) in [7, 11) is -3.61. The lowest BCUT2D eigenvalue weighted by Crippen LogP contribution is -2.05. The highest BCUT2D eigenvalue weighted by molar-refractivity contribution is 8.02. The molecule has 0 saturated heterocycles. The van der Waals surface area contributed by atoms with Crippen molar-refractivity contribution in [2.24, 2.45) is 0 Å². The maximum Gasteiger partial charge on any atom is 0.262 e. The third-order valence-electron chi connectivity index (χ3n) is 3.87. The number of aromatic hydroxyl groups is 1. The first-order valence-corrected chi connectivity index (χ1v) is 8.58. The Morgan fingerprint density at radius 2 is 1.70 bits per heavy atom. The maximum atomic E-state index is 12.3. The van der Waals surface area contributed by atoms with E-state index in [-0.39, 0.29) is 10.7 Å². The van der Waals surface area contributed by atoms with Gasteiger partial charge < -0.3 is 5.11 Å². The number of nitrogens with one attached hydrogen (secondary N) is 1. The van der Waals surface area contributed by atoms with Crippen LogP contribution in [0.1, 0.15) is 11.1 Å². The Bertz CT molecular complexity index is 1070. The summed E-state index contributed by atoms with van der Waals surface area (Å²) >= 11 is 0. The molecule has 3 aromatic carbocycles. The minimum atomic E-state index is -3.61. The first-order chi connectivity index (χ1) is 11.0. The Kier molecular flexibility index (Phi) is 2.92. The Morgan fingerprint density at radius 1 is 0.913 bits per heavy atom. The van der Waals surface area contributed by atoms with Crippen LogP contribution in [0.3, 0.4) is 0 Å². The van der Waals surface area contributed by atoms with E-state index in [2.05, 4.69) is 4.72 Å². The number of fused-ring (bicyclic) bond motifs is 2. The summed E-state index contributed by atoms with van der Waals surface area (Å²) in [4.78, 5) is 0.165. The number of phenols is 1. The fourth-order valence-electron chi connectivity index (χ4n) is 2.77. The van der Waals surface area contributed by atoms with Crippen LogP contribution in [0, 0.1) is 0 Å². The quantitative estimate of drug-likeness (QED) is 0.669. The Labute approximate surface area is 133 Å². The van der Waals surface area contributed by atoms with Gasteiger partial charge in [-0.15, -0.1) is 0 Å². The van der Waals surface area contributed by atoms with E-state index in [4.69, 9.17) is 0 Å². The van der Waals surface area contributed by atoms with E-state index < -0.39 is 10.0 Å². The lowest BCUT2D eigenvalue weighted by molar-refractivity contribution is 0.475. The van der Waals surface area contributed by atoms with Gasteiger partial charge >= 0.3 is 0 Å². The number of hydrogen-bond donors (Lipinski definition) is 2. The molecule has 2 N–H and O–H groups in total. The van der Waals surface area contributed by atoms with Crippen LogP contribution in [-0.4, -0.2) is 13.5 Å². The summed E-state index contributed by atoms with van der Waals surface area (Å²) in [6, 6.07) is 18.2. The van der Waals surface area contributed by atoms with Crippen LogP contribution in [0.25, 0.3) is 21.8 Å². The predicted octanol–water partition coefficient (Wildman–Crippen LogP) is 3.80. The lowest BCUT2D eigenvalue weighted by Gasteiger charge is -2.02. The standard InChI is InChI=1S/C18H13NO3S/c20-15-7-8-17-16(11-15)18(23(21,22)19-17)10-12-5-6-13-3-1-2-4-14(13)9-12/h1-11,19-20H. The van der Waals surface area contributed by atoms with Gasteiger partial charge in [0.15, 0.2) is 0 Å². The van der Waals surface area contributed by atoms with Crippen LogP contribution < -0.4 is 4.72 Å². The second kappa shape index (κ2) is 4.86. The molecule has 0 aromatic heterocycles. The largest absolute Gasteiger partial charge is 0.508 e. The zero-order valence-corrected chi connectivity index (χ0v) is 12.8. The minimum Gasteiger partial charge on any atom is -0.508 e. The first-order valence-electron chi connectivity index (χ1n) is 7.10. The Balaban J connectivity index is 1.91. The summed E-state index contributed by atoms with van der Waals surface area (Å²) < 4.78 is 27.2. The van der Waals surface area contributed by atoms with Crippen molar-refractivity contribution in [2.75, 3.05) is 4.72 Å². The smallest absolute Gasteiger partial charge is 0.262 e. The zero-order chi connectivity index (χ0) is 16.0. The van der Waals surface area contributed by atoms with E-state index in [1.807, 2.05) is 42.5 Å². The van der Waals surface area contributed by atoms with Crippen LogP contribution in [0.2, 0.25) is 0 Å². The van der Waals surface area contributed by atoms with E-state index in [9.17, 15) is 13.5 Å². The van der Waals surface area contributed by atoms with Gasteiger partial charge in [-0.25, -0.2) is 8.42 Å². The molecule has 4 rings (SSSR count).